The maximum atomic E-state index is 12.0. The van der Waals surface area contributed by atoms with Crippen LogP contribution in [-0.2, 0) is 22.4 Å². The molecule has 1 fully saturated rings. The molecule has 8 heteroatoms. The van der Waals surface area contributed by atoms with Gasteiger partial charge in [-0.25, -0.2) is 9.97 Å². The van der Waals surface area contributed by atoms with Crippen LogP contribution in [0.2, 0.25) is 0 Å². The predicted molar refractivity (Wildman–Crippen MR) is 103 cm³/mol. The van der Waals surface area contributed by atoms with E-state index in [1.54, 1.807) is 11.3 Å². The Morgan fingerprint density at radius 2 is 2.04 bits per heavy atom. The van der Waals surface area contributed by atoms with Crippen molar-refractivity contribution in [2.75, 3.05) is 5.75 Å². The number of rotatable bonds is 4. The molecule has 0 unspecified atom stereocenters. The van der Waals surface area contributed by atoms with Crippen molar-refractivity contribution >= 4 is 45.1 Å². The van der Waals surface area contributed by atoms with Crippen LogP contribution in [0.1, 0.15) is 55.3 Å². The van der Waals surface area contributed by atoms with E-state index in [-0.39, 0.29) is 17.6 Å². The minimum Gasteiger partial charge on any atom is -0.274 e. The molecule has 2 aromatic heterocycles. The van der Waals surface area contributed by atoms with Gasteiger partial charge in [0.1, 0.15) is 15.7 Å². The molecule has 0 spiro atoms. The minimum atomic E-state index is -0.287. The smallest absolute Gasteiger partial charge is 0.248 e. The largest absolute Gasteiger partial charge is 0.274 e. The summed E-state index contributed by atoms with van der Waals surface area (Å²) in [5.74, 6) is 1.81. The number of aromatic nitrogens is 2. The standard InChI is InChI=1S/C18H22N4O2S2/c1-9-3-6-12-13(7-9)26-18-15(12)17(19-16(20-18)11-4-5-11)25-8-14(24)22-21-10(2)23/h9,11H,3-8H2,1-2H3,(H,21,23)(H,22,24)/t9-/m0/s1. The first kappa shape index (κ1) is 17.7. The lowest BCUT2D eigenvalue weighted by atomic mass is 9.89. The van der Waals surface area contributed by atoms with Crippen molar-refractivity contribution in [3.63, 3.8) is 0 Å². The second kappa shape index (κ2) is 7.15. The zero-order valence-corrected chi connectivity index (χ0v) is 16.6. The molecule has 1 saturated carbocycles. The molecule has 4 rings (SSSR count). The maximum absolute atomic E-state index is 12.0. The summed E-state index contributed by atoms with van der Waals surface area (Å²) in [5.41, 5.74) is 6.12. The number of aryl methyl sites for hydroxylation is 1. The van der Waals surface area contributed by atoms with E-state index in [0.717, 1.165) is 46.8 Å². The number of thioether (sulfide) groups is 1. The van der Waals surface area contributed by atoms with Crippen molar-refractivity contribution in [2.45, 2.75) is 56.9 Å². The lowest BCUT2D eigenvalue weighted by molar-refractivity contribution is -0.126. The Hall–Kier alpha value is -1.67. The Kier molecular flexibility index (Phi) is 4.88. The van der Waals surface area contributed by atoms with Crippen LogP contribution in [0.4, 0.5) is 0 Å². The Morgan fingerprint density at radius 3 is 2.77 bits per heavy atom. The third-order valence-corrected chi connectivity index (χ3v) is 6.92. The number of hydrogen-bond acceptors (Lipinski definition) is 6. The lowest BCUT2D eigenvalue weighted by Crippen LogP contribution is -2.41. The van der Waals surface area contributed by atoms with Crippen LogP contribution in [0.5, 0.6) is 0 Å². The van der Waals surface area contributed by atoms with Crippen molar-refractivity contribution < 1.29 is 9.59 Å². The van der Waals surface area contributed by atoms with Gasteiger partial charge in [-0.2, -0.15) is 0 Å². The highest BCUT2D eigenvalue weighted by Gasteiger charge is 2.30. The van der Waals surface area contributed by atoms with Crippen LogP contribution in [0.3, 0.4) is 0 Å². The first-order valence-corrected chi connectivity index (χ1v) is 10.8. The second-order valence-corrected chi connectivity index (χ2v) is 9.26. The van der Waals surface area contributed by atoms with Gasteiger partial charge in [0.25, 0.3) is 0 Å². The van der Waals surface area contributed by atoms with Gasteiger partial charge in [0.2, 0.25) is 11.8 Å². The predicted octanol–water partition coefficient (Wildman–Crippen LogP) is 2.95. The average Bonchev–Trinajstić information content (AvgIpc) is 3.38. The summed E-state index contributed by atoms with van der Waals surface area (Å²) in [6.45, 7) is 3.67. The normalized spacial score (nSPS) is 19.2. The number of hydrazine groups is 1. The van der Waals surface area contributed by atoms with E-state index in [4.69, 9.17) is 9.97 Å². The van der Waals surface area contributed by atoms with Gasteiger partial charge in [-0.3, -0.25) is 20.4 Å². The van der Waals surface area contributed by atoms with E-state index < -0.39 is 0 Å². The maximum Gasteiger partial charge on any atom is 0.248 e. The van der Waals surface area contributed by atoms with Crippen molar-refractivity contribution in [2.24, 2.45) is 5.92 Å². The molecule has 2 aliphatic rings. The van der Waals surface area contributed by atoms with E-state index in [2.05, 4.69) is 17.8 Å². The van der Waals surface area contributed by atoms with Crippen LogP contribution in [0.25, 0.3) is 10.2 Å². The minimum absolute atomic E-state index is 0.220. The van der Waals surface area contributed by atoms with Gasteiger partial charge in [0.05, 0.1) is 5.75 Å². The third kappa shape index (κ3) is 3.71. The average molecular weight is 391 g/mol. The zero-order chi connectivity index (χ0) is 18.3. The fourth-order valence-corrected chi connectivity index (χ4v) is 5.60. The highest BCUT2D eigenvalue weighted by molar-refractivity contribution is 8.00. The topological polar surface area (TPSA) is 84.0 Å². The molecule has 0 aromatic carbocycles. The number of nitrogens with zero attached hydrogens (tertiary/aromatic N) is 2. The van der Waals surface area contributed by atoms with Crippen molar-refractivity contribution in [3.05, 3.63) is 16.3 Å². The summed E-state index contributed by atoms with van der Waals surface area (Å²) in [5, 5.41) is 2.07. The van der Waals surface area contributed by atoms with Gasteiger partial charge in [0, 0.05) is 23.1 Å². The van der Waals surface area contributed by atoms with Crippen LogP contribution in [0.15, 0.2) is 5.03 Å². The Balaban J connectivity index is 1.63. The van der Waals surface area contributed by atoms with Gasteiger partial charge in [-0.15, -0.1) is 11.3 Å². The zero-order valence-electron chi connectivity index (χ0n) is 14.9. The first-order valence-electron chi connectivity index (χ1n) is 9.01. The quantitative estimate of drug-likeness (QED) is 0.476. The van der Waals surface area contributed by atoms with E-state index >= 15 is 0 Å². The monoisotopic (exact) mass is 390 g/mol. The summed E-state index contributed by atoms with van der Waals surface area (Å²) in [6, 6.07) is 0. The van der Waals surface area contributed by atoms with E-state index in [9.17, 15) is 9.59 Å². The number of thiophene rings is 1. The fourth-order valence-electron chi connectivity index (χ4n) is 3.28. The summed E-state index contributed by atoms with van der Waals surface area (Å²) in [4.78, 5) is 35.1. The molecule has 26 heavy (non-hydrogen) atoms. The summed E-state index contributed by atoms with van der Waals surface area (Å²) in [6.07, 6.45) is 5.67. The number of fused-ring (bicyclic) bond motifs is 3. The molecule has 2 N–H and O–H groups in total. The van der Waals surface area contributed by atoms with Gasteiger partial charge >= 0.3 is 0 Å². The molecular weight excluding hydrogens is 368 g/mol. The number of hydrogen-bond donors (Lipinski definition) is 2. The van der Waals surface area contributed by atoms with Gasteiger partial charge in [0.15, 0.2) is 0 Å². The molecule has 6 nitrogen and oxygen atoms in total. The third-order valence-electron chi connectivity index (χ3n) is 4.80. The molecule has 2 amide bonds. The van der Waals surface area contributed by atoms with Crippen LogP contribution < -0.4 is 10.9 Å². The highest BCUT2D eigenvalue weighted by Crippen LogP contribution is 2.44. The molecule has 0 radical (unpaired) electrons. The van der Waals surface area contributed by atoms with E-state index in [0.29, 0.717) is 11.8 Å². The second-order valence-electron chi connectivity index (χ2n) is 7.21. The molecule has 0 saturated heterocycles. The van der Waals surface area contributed by atoms with Gasteiger partial charge in [-0.05, 0) is 43.6 Å². The van der Waals surface area contributed by atoms with Crippen molar-refractivity contribution in [1.29, 1.82) is 0 Å². The van der Waals surface area contributed by atoms with E-state index in [1.165, 1.54) is 35.5 Å². The van der Waals surface area contributed by atoms with Gasteiger partial charge in [-0.1, -0.05) is 18.7 Å². The molecule has 2 heterocycles. The Morgan fingerprint density at radius 1 is 1.23 bits per heavy atom. The van der Waals surface area contributed by atoms with Gasteiger partial charge < -0.3 is 0 Å². The summed E-state index contributed by atoms with van der Waals surface area (Å²) in [7, 11) is 0. The molecule has 2 aliphatic carbocycles. The molecular formula is C18H22N4O2S2. The molecule has 2 aromatic rings. The summed E-state index contributed by atoms with van der Waals surface area (Å²) >= 11 is 3.24. The first-order chi connectivity index (χ1) is 12.5. The van der Waals surface area contributed by atoms with Crippen molar-refractivity contribution in [1.82, 2.24) is 20.8 Å². The van der Waals surface area contributed by atoms with Crippen LogP contribution in [0, 0.1) is 5.92 Å². The summed E-state index contributed by atoms with van der Waals surface area (Å²) < 4.78 is 0. The van der Waals surface area contributed by atoms with Crippen molar-refractivity contribution in [3.8, 4) is 0 Å². The number of amides is 2. The molecule has 1 atom stereocenters. The molecule has 0 bridgehead atoms. The Labute approximate surface area is 160 Å². The van der Waals surface area contributed by atoms with Crippen LogP contribution in [-0.4, -0.2) is 27.5 Å². The number of carbonyl (C=O) groups excluding carboxylic acids is 2. The molecule has 138 valence electrons. The Bertz CT molecular complexity index is 876. The SMILES string of the molecule is CC(=O)NNC(=O)CSc1nc(C2CC2)nc2sc3c(c12)CC[C@H](C)C3. The van der Waals surface area contributed by atoms with Crippen LogP contribution >= 0.6 is 23.1 Å². The number of carbonyl (C=O) groups is 2. The fraction of sp³-hybridized carbons (Fsp3) is 0.556. The molecule has 0 aliphatic heterocycles. The van der Waals surface area contributed by atoms with E-state index in [1.807, 2.05) is 0 Å². The lowest BCUT2D eigenvalue weighted by Gasteiger charge is -2.18. The number of nitrogens with one attached hydrogen (secondary N) is 2. The highest BCUT2D eigenvalue weighted by atomic mass is 32.2.